The Labute approximate surface area is 72.4 Å². The second kappa shape index (κ2) is 2.69. The maximum atomic E-state index is 12.3. The summed E-state index contributed by atoms with van der Waals surface area (Å²) in [6.45, 7) is 0. The van der Waals surface area contributed by atoms with Gasteiger partial charge < -0.3 is 0 Å². The Bertz CT molecular complexity index is 273. The lowest BCUT2D eigenvalue weighted by Gasteiger charge is -2.18. The third-order valence-corrected chi connectivity index (χ3v) is 4.12. The van der Waals surface area contributed by atoms with E-state index in [4.69, 9.17) is 0 Å². The van der Waals surface area contributed by atoms with Crippen molar-refractivity contribution in [3.8, 4) is 0 Å². The third-order valence-electron chi connectivity index (χ3n) is 3.30. The molecule has 0 spiro atoms. The predicted octanol–water partition coefficient (Wildman–Crippen LogP) is 1.72. The van der Waals surface area contributed by atoms with Crippen molar-refractivity contribution in [2.45, 2.75) is 25.7 Å². The maximum absolute atomic E-state index is 12.3. The zero-order valence-corrected chi connectivity index (χ0v) is 7.69. The van der Waals surface area contributed by atoms with Gasteiger partial charge in [0.25, 0.3) is 0 Å². The molecule has 2 aliphatic rings. The number of halogens is 1. The molecule has 2 fully saturated rings. The van der Waals surface area contributed by atoms with Crippen molar-refractivity contribution in [2.75, 3.05) is 5.75 Å². The highest BCUT2D eigenvalue weighted by atomic mass is 32.3. The van der Waals surface area contributed by atoms with E-state index in [0.717, 1.165) is 19.3 Å². The van der Waals surface area contributed by atoms with Crippen molar-refractivity contribution in [2.24, 2.45) is 17.8 Å². The van der Waals surface area contributed by atoms with E-state index in [0.29, 0.717) is 11.8 Å². The molecule has 4 heteroatoms. The fourth-order valence-electron chi connectivity index (χ4n) is 2.84. The van der Waals surface area contributed by atoms with E-state index in [9.17, 15) is 12.3 Å². The van der Waals surface area contributed by atoms with E-state index in [-0.39, 0.29) is 11.7 Å². The summed E-state index contributed by atoms with van der Waals surface area (Å²) in [7, 11) is -4.23. The molecular weight excluding hydrogens is 179 g/mol. The summed E-state index contributed by atoms with van der Waals surface area (Å²) in [5, 5.41) is 0. The first-order valence-corrected chi connectivity index (χ1v) is 6.02. The van der Waals surface area contributed by atoms with Gasteiger partial charge in [0.15, 0.2) is 0 Å². The molecule has 2 saturated carbocycles. The average Bonchev–Trinajstić information content (AvgIpc) is 2.42. The summed E-state index contributed by atoms with van der Waals surface area (Å²) in [4.78, 5) is 0. The molecule has 0 aromatic carbocycles. The van der Waals surface area contributed by atoms with Gasteiger partial charge in [-0.05, 0) is 37.0 Å². The molecule has 0 heterocycles. The summed E-state index contributed by atoms with van der Waals surface area (Å²) < 4.78 is 33.1. The lowest BCUT2D eigenvalue weighted by Crippen LogP contribution is -2.18. The van der Waals surface area contributed by atoms with Crippen molar-refractivity contribution in [3.63, 3.8) is 0 Å². The number of fused-ring (bicyclic) bond motifs is 2. The number of hydrogen-bond acceptors (Lipinski definition) is 2. The summed E-state index contributed by atoms with van der Waals surface area (Å²) >= 11 is 0. The van der Waals surface area contributed by atoms with Gasteiger partial charge in [-0.1, -0.05) is 6.42 Å². The van der Waals surface area contributed by atoms with Gasteiger partial charge in [-0.2, -0.15) is 8.42 Å². The number of rotatable bonds is 2. The second-order valence-electron chi connectivity index (χ2n) is 4.14. The lowest BCUT2D eigenvalue weighted by atomic mass is 9.90. The van der Waals surface area contributed by atoms with Crippen LogP contribution in [-0.4, -0.2) is 14.2 Å². The third kappa shape index (κ3) is 1.63. The van der Waals surface area contributed by atoms with Crippen molar-refractivity contribution in [1.29, 1.82) is 0 Å². The van der Waals surface area contributed by atoms with Crippen molar-refractivity contribution >= 4 is 10.2 Å². The Morgan fingerprint density at radius 2 is 2.00 bits per heavy atom. The van der Waals surface area contributed by atoms with E-state index in [2.05, 4.69) is 0 Å². The van der Waals surface area contributed by atoms with Gasteiger partial charge in [-0.3, -0.25) is 0 Å². The minimum atomic E-state index is -4.23. The molecule has 12 heavy (non-hydrogen) atoms. The molecule has 0 aromatic heterocycles. The molecule has 3 atom stereocenters. The van der Waals surface area contributed by atoms with Gasteiger partial charge in [-0.15, -0.1) is 3.89 Å². The molecule has 0 aliphatic heterocycles. The SMILES string of the molecule is O=S(=O)(F)CC1CC2CCC1C2. The lowest BCUT2D eigenvalue weighted by molar-refractivity contribution is 0.357. The highest BCUT2D eigenvalue weighted by Crippen LogP contribution is 2.48. The van der Waals surface area contributed by atoms with Crippen LogP contribution in [0, 0.1) is 17.8 Å². The molecule has 2 nitrogen and oxygen atoms in total. The quantitative estimate of drug-likeness (QED) is 0.624. The molecule has 0 saturated heterocycles. The molecule has 2 aliphatic carbocycles. The molecule has 0 N–H and O–H groups in total. The Morgan fingerprint density at radius 3 is 2.42 bits per heavy atom. The molecule has 70 valence electrons. The summed E-state index contributed by atoms with van der Waals surface area (Å²) in [5.41, 5.74) is 0. The first-order valence-electron chi connectivity index (χ1n) is 4.47. The van der Waals surface area contributed by atoms with Gasteiger partial charge in [0.2, 0.25) is 0 Å². The van der Waals surface area contributed by atoms with Crippen LogP contribution in [0.15, 0.2) is 0 Å². The highest BCUT2D eigenvalue weighted by molar-refractivity contribution is 7.86. The zero-order chi connectivity index (χ0) is 8.77. The largest absolute Gasteiger partial charge is 0.302 e. The van der Waals surface area contributed by atoms with Gasteiger partial charge in [0.1, 0.15) is 0 Å². The molecule has 0 amide bonds. The first-order chi connectivity index (χ1) is 5.54. The van der Waals surface area contributed by atoms with Crippen molar-refractivity contribution < 1.29 is 12.3 Å². The molecule has 0 radical (unpaired) electrons. The summed E-state index contributed by atoms with van der Waals surface area (Å²) in [6.07, 6.45) is 4.42. The standard InChI is InChI=1S/C8H13FO2S/c9-12(10,11)5-8-4-6-1-2-7(8)3-6/h6-8H,1-5H2. The summed E-state index contributed by atoms with van der Waals surface area (Å²) in [5.74, 6) is 1.09. The van der Waals surface area contributed by atoms with Crippen LogP contribution in [0.2, 0.25) is 0 Å². The first kappa shape index (κ1) is 8.48. The zero-order valence-electron chi connectivity index (χ0n) is 6.87. The molecule has 0 aromatic rings. The van der Waals surface area contributed by atoms with Crippen LogP contribution in [0.1, 0.15) is 25.7 Å². The Balaban J connectivity index is 2.00. The second-order valence-corrected chi connectivity index (χ2v) is 5.55. The van der Waals surface area contributed by atoms with Crippen LogP contribution < -0.4 is 0 Å². The van der Waals surface area contributed by atoms with Gasteiger partial charge in [-0.25, -0.2) is 0 Å². The number of hydrogen-bond donors (Lipinski definition) is 0. The van der Waals surface area contributed by atoms with Crippen LogP contribution in [0.25, 0.3) is 0 Å². The van der Waals surface area contributed by atoms with Crippen LogP contribution in [0.4, 0.5) is 3.89 Å². The van der Waals surface area contributed by atoms with E-state index in [1.165, 1.54) is 6.42 Å². The van der Waals surface area contributed by atoms with E-state index >= 15 is 0 Å². The molecule has 2 rings (SSSR count). The highest BCUT2D eigenvalue weighted by Gasteiger charge is 2.41. The average molecular weight is 192 g/mol. The topological polar surface area (TPSA) is 34.1 Å². The minimum Gasteiger partial charge on any atom is -0.195 e. The molecule has 2 bridgehead atoms. The minimum absolute atomic E-state index is 0.124. The van der Waals surface area contributed by atoms with Gasteiger partial charge >= 0.3 is 10.2 Å². The monoisotopic (exact) mass is 192 g/mol. The van der Waals surface area contributed by atoms with Crippen molar-refractivity contribution in [1.82, 2.24) is 0 Å². The fraction of sp³-hybridized carbons (Fsp3) is 1.00. The van der Waals surface area contributed by atoms with Crippen LogP contribution in [0.5, 0.6) is 0 Å². The molecule has 3 unspecified atom stereocenters. The van der Waals surface area contributed by atoms with Gasteiger partial charge in [0, 0.05) is 0 Å². The van der Waals surface area contributed by atoms with E-state index < -0.39 is 10.2 Å². The van der Waals surface area contributed by atoms with Gasteiger partial charge in [0.05, 0.1) is 5.75 Å². The normalized spacial score (nSPS) is 40.6. The van der Waals surface area contributed by atoms with E-state index in [1.54, 1.807) is 0 Å². The molecular formula is C8H13FO2S. The fourth-order valence-corrected chi connectivity index (χ4v) is 3.76. The smallest absolute Gasteiger partial charge is 0.195 e. The van der Waals surface area contributed by atoms with Crippen LogP contribution in [0.3, 0.4) is 0 Å². The van der Waals surface area contributed by atoms with Crippen molar-refractivity contribution in [3.05, 3.63) is 0 Å². The Hall–Kier alpha value is -0.120. The van der Waals surface area contributed by atoms with Crippen LogP contribution in [-0.2, 0) is 10.2 Å². The maximum Gasteiger partial charge on any atom is 0.302 e. The van der Waals surface area contributed by atoms with Crippen LogP contribution >= 0.6 is 0 Å². The summed E-state index contributed by atoms with van der Waals surface area (Å²) in [6, 6.07) is 0. The Kier molecular flexibility index (Phi) is 1.90. The van der Waals surface area contributed by atoms with E-state index in [1.807, 2.05) is 0 Å². The Morgan fingerprint density at radius 1 is 1.25 bits per heavy atom. The predicted molar refractivity (Wildman–Crippen MR) is 43.8 cm³/mol.